The van der Waals surface area contributed by atoms with Crippen LogP contribution in [-0.2, 0) is 0 Å². The van der Waals surface area contributed by atoms with Crippen molar-refractivity contribution in [2.75, 3.05) is 13.2 Å². The maximum atomic E-state index is 8.96. The Hall–Kier alpha value is -1.16. The fourth-order valence-corrected chi connectivity index (χ4v) is 1.50. The van der Waals surface area contributed by atoms with Crippen LogP contribution in [0.15, 0.2) is 0 Å². The van der Waals surface area contributed by atoms with Crippen LogP contribution in [0.1, 0.15) is 22.8 Å². The van der Waals surface area contributed by atoms with Crippen LogP contribution in [0.4, 0.5) is 0 Å². The van der Waals surface area contributed by atoms with Gasteiger partial charge in [-0.15, -0.1) is 0 Å². The number of nitrogens with zero attached hydrogens (tertiary/aromatic N) is 2. The highest BCUT2D eigenvalue weighted by atomic mass is 16.4. The molecule has 0 aliphatic carbocycles. The number of rotatable bonds is 5. The van der Waals surface area contributed by atoms with Gasteiger partial charge < -0.3 is 30.6 Å². The summed E-state index contributed by atoms with van der Waals surface area (Å²) in [7, 11) is 0. The van der Waals surface area contributed by atoms with E-state index in [1.165, 1.54) is 0 Å². The first-order valence-corrected chi connectivity index (χ1v) is 6.88. The molecule has 4 atom stereocenters. The van der Waals surface area contributed by atoms with E-state index in [1.54, 1.807) is 0 Å². The highest BCUT2D eigenvalue weighted by Crippen LogP contribution is 2.05. The van der Waals surface area contributed by atoms with Crippen LogP contribution >= 0.6 is 0 Å². The van der Waals surface area contributed by atoms with Gasteiger partial charge in [0.1, 0.15) is 24.4 Å². The minimum Gasteiger partial charge on any atom is -0.394 e. The van der Waals surface area contributed by atoms with Crippen molar-refractivity contribution in [2.24, 2.45) is 0 Å². The van der Waals surface area contributed by atoms with Gasteiger partial charge in [-0.1, -0.05) is 0 Å². The van der Waals surface area contributed by atoms with Gasteiger partial charge in [-0.2, -0.15) is 0 Å². The molecule has 8 nitrogen and oxygen atoms in total. The minimum atomic E-state index is -1.67. The fourth-order valence-electron chi connectivity index (χ4n) is 1.50. The summed E-state index contributed by atoms with van der Waals surface area (Å²) in [5.74, 6) is 0. The van der Waals surface area contributed by atoms with Crippen LogP contribution in [0, 0.1) is 27.7 Å². The Morgan fingerprint density at radius 3 is 1.05 bits per heavy atom. The van der Waals surface area contributed by atoms with Gasteiger partial charge in [0.25, 0.3) is 0 Å². The van der Waals surface area contributed by atoms with Crippen molar-refractivity contribution in [3.05, 3.63) is 22.8 Å². The summed E-state index contributed by atoms with van der Waals surface area (Å²) in [4.78, 5) is 8.62. The van der Waals surface area contributed by atoms with E-state index >= 15 is 0 Å². The molecule has 0 saturated heterocycles. The molecule has 0 aliphatic rings. The third kappa shape index (κ3) is 6.30. The lowest BCUT2D eigenvalue weighted by Gasteiger charge is -2.24. The Morgan fingerprint density at radius 2 is 0.864 bits per heavy atom. The van der Waals surface area contributed by atoms with Gasteiger partial charge in [0.15, 0.2) is 0 Å². The molecule has 0 radical (unpaired) electrons. The molecule has 1 aromatic heterocycles. The predicted octanol–water partition coefficient (Wildman–Crippen LogP) is -1.88. The van der Waals surface area contributed by atoms with Crippen LogP contribution < -0.4 is 0 Å². The van der Waals surface area contributed by atoms with Gasteiger partial charge in [-0.3, -0.25) is 9.97 Å². The van der Waals surface area contributed by atoms with Crippen LogP contribution in [0.5, 0.6) is 0 Å². The maximum Gasteiger partial charge on any atom is 0.111 e. The summed E-state index contributed by atoms with van der Waals surface area (Å²) in [5.41, 5.74) is 4.12. The van der Waals surface area contributed by atoms with E-state index < -0.39 is 37.6 Å². The topological polar surface area (TPSA) is 147 Å². The minimum absolute atomic E-state index is 0.726. The zero-order valence-electron chi connectivity index (χ0n) is 13.3. The molecule has 6 N–H and O–H groups in total. The first-order chi connectivity index (χ1) is 10.1. The van der Waals surface area contributed by atoms with Crippen molar-refractivity contribution in [3.8, 4) is 0 Å². The van der Waals surface area contributed by atoms with Crippen LogP contribution in [0.25, 0.3) is 0 Å². The molecule has 0 fully saturated rings. The predicted molar refractivity (Wildman–Crippen MR) is 79.2 cm³/mol. The van der Waals surface area contributed by atoms with E-state index in [-0.39, 0.29) is 0 Å². The summed E-state index contributed by atoms with van der Waals surface area (Å²) in [6, 6.07) is 0. The van der Waals surface area contributed by atoms with E-state index in [0.717, 1.165) is 22.8 Å². The number of aliphatic hydroxyl groups excluding tert-OH is 6. The van der Waals surface area contributed by atoms with E-state index in [9.17, 15) is 0 Å². The molecule has 0 saturated carbocycles. The zero-order valence-corrected chi connectivity index (χ0v) is 13.3. The first kappa shape index (κ1) is 20.8. The monoisotopic (exact) mass is 318 g/mol. The van der Waals surface area contributed by atoms with Crippen LogP contribution in [0.3, 0.4) is 0 Å². The Balaban J connectivity index is 0.000000406. The lowest BCUT2D eigenvalue weighted by Crippen LogP contribution is -2.46. The van der Waals surface area contributed by atoms with Crippen LogP contribution in [0.2, 0.25) is 0 Å². The van der Waals surface area contributed by atoms with Gasteiger partial charge in [-0.05, 0) is 27.7 Å². The van der Waals surface area contributed by atoms with Gasteiger partial charge >= 0.3 is 0 Å². The van der Waals surface area contributed by atoms with Crippen molar-refractivity contribution in [2.45, 2.75) is 52.1 Å². The third-order valence-corrected chi connectivity index (χ3v) is 3.23. The molecule has 0 unspecified atom stereocenters. The lowest BCUT2D eigenvalue weighted by atomic mass is 10.0. The standard InChI is InChI=1S/C8H12N2.C6H14O6/c1-5-6(2)10-8(4)7(3)9-5;7-1-3(9)5(11)6(12)4(10)2-8/h1-4H3;3-12H,1-2H2/t;3-,4-,5-,6-/m.1/s1. The first-order valence-electron chi connectivity index (χ1n) is 6.88. The largest absolute Gasteiger partial charge is 0.394 e. The summed E-state index contributed by atoms with van der Waals surface area (Å²) in [5, 5.41) is 52.2. The molecule has 0 aromatic carbocycles. The third-order valence-electron chi connectivity index (χ3n) is 3.23. The molecule has 8 heteroatoms. The molecule has 1 aromatic rings. The molecule has 0 bridgehead atoms. The van der Waals surface area contributed by atoms with Crippen molar-refractivity contribution < 1.29 is 30.6 Å². The molecular formula is C14H26N2O6. The molecule has 1 rings (SSSR count). The van der Waals surface area contributed by atoms with Crippen molar-refractivity contribution >= 4 is 0 Å². The van der Waals surface area contributed by atoms with Crippen molar-refractivity contribution in [1.29, 1.82) is 0 Å². The number of aryl methyl sites for hydroxylation is 4. The van der Waals surface area contributed by atoms with Crippen molar-refractivity contribution in [3.63, 3.8) is 0 Å². The quantitative estimate of drug-likeness (QED) is 0.370. The average Bonchev–Trinajstić information content (AvgIpc) is 2.50. The number of aromatic nitrogens is 2. The van der Waals surface area contributed by atoms with E-state index in [0.29, 0.717) is 0 Å². The molecule has 22 heavy (non-hydrogen) atoms. The van der Waals surface area contributed by atoms with E-state index in [4.69, 9.17) is 30.6 Å². The lowest BCUT2D eigenvalue weighted by molar-refractivity contribution is -0.123. The van der Waals surface area contributed by atoms with E-state index in [1.807, 2.05) is 27.7 Å². The molecule has 0 aliphatic heterocycles. The normalized spacial score (nSPS) is 16.3. The van der Waals surface area contributed by atoms with Crippen molar-refractivity contribution in [1.82, 2.24) is 9.97 Å². The molecular weight excluding hydrogens is 292 g/mol. The Bertz CT molecular complexity index is 393. The second-order valence-corrected chi connectivity index (χ2v) is 5.05. The second kappa shape index (κ2) is 9.78. The summed E-state index contributed by atoms with van der Waals surface area (Å²) in [6.07, 6.45) is -6.39. The molecule has 128 valence electrons. The zero-order chi connectivity index (χ0) is 17.4. The van der Waals surface area contributed by atoms with Gasteiger partial charge in [0.05, 0.1) is 36.0 Å². The number of aliphatic hydroxyl groups is 6. The second-order valence-electron chi connectivity index (χ2n) is 5.05. The summed E-state index contributed by atoms with van der Waals surface area (Å²) >= 11 is 0. The Morgan fingerprint density at radius 1 is 0.636 bits per heavy atom. The molecule has 0 amide bonds. The Labute approximate surface area is 129 Å². The van der Waals surface area contributed by atoms with Gasteiger partial charge in [0.2, 0.25) is 0 Å². The smallest absolute Gasteiger partial charge is 0.111 e. The molecule has 1 heterocycles. The van der Waals surface area contributed by atoms with Crippen LogP contribution in [-0.4, -0.2) is 78.2 Å². The number of hydrogen-bond donors (Lipinski definition) is 6. The SMILES string of the molecule is Cc1nc(C)c(C)nc1C.OC[C@@H](O)[C@@H](O)[C@H](O)[C@H](O)CO. The average molecular weight is 318 g/mol. The summed E-state index contributed by atoms with van der Waals surface area (Å²) < 4.78 is 0. The van der Waals surface area contributed by atoms with Gasteiger partial charge in [-0.25, -0.2) is 0 Å². The highest BCUT2D eigenvalue weighted by molar-refractivity contribution is 5.16. The maximum absolute atomic E-state index is 8.96. The van der Waals surface area contributed by atoms with E-state index in [2.05, 4.69) is 9.97 Å². The molecule has 0 spiro atoms. The fraction of sp³-hybridized carbons (Fsp3) is 0.714. The highest BCUT2D eigenvalue weighted by Gasteiger charge is 2.29. The summed E-state index contributed by atoms with van der Waals surface area (Å²) in [6.45, 7) is 6.47. The number of hydrogen-bond acceptors (Lipinski definition) is 8. The Kier molecular flexibility index (Phi) is 9.26. The van der Waals surface area contributed by atoms with Gasteiger partial charge in [0, 0.05) is 0 Å².